The maximum Gasteiger partial charge on any atom is 0.322 e. The highest BCUT2D eigenvalue weighted by Crippen LogP contribution is 2.24. The van der Waals surface area contributed by atoms with Gasteiger partial charge >= 0.3 is 6.03 Å². The van der Waals surface area contributed by atoms with Gasteiger partial charge in [-0.25, -0.2) is 4.79 Å². The highest BCUT2D eigenvalue weighted by molar-refractivity contribution is 5.89. The number of aryl methyl sites for hydroxylation is 1. The van der Waals surface area contributed by atoms with Crippen molar-refractivity contribution in [1.82, 2.24) is 4.90 Å². The van der Waals surface area contributed by atoms with Crippen LogP contribution < -0.4 is 10.1 Å². The van der Waals surface area contributed by atoms with Crippen LogP contribution in [0.25, 0.3) is 0 Å². The van der Waals surface area contributed by atoms with Crippen molar-refractivity contribution in [2.75, 3.05) is 45.3 Å². The van der Waals surface area contributed by atoms with E-state index in [1.165, 1.54) is 0 Å². The van der Waals surface area contributed by atoms with E-state index in [9.17, 15) is 4.79 Å². The Bertz CT molecular complexity index is 521. The summed E-state index contributed by atoms with van der Waals surface area (Å²) in [7, 11) is 1.64. The molecule has 0 bridgehead atoms. The molecule has 1 saturated heterocycles. The van der Waals surface area contributed by atoms with Crippen molar-refractivity contribution in [2.45, 2.75) is 26.4 Å². The van der Waals surface area contributed by atoms with Crippen molar-refractivity contribution in [2.24, 2.45) is 0 Å². The minimum Gasteiger partial charge on any atom is -0.496 e. The summed E-state index contributed by atoms with van der Waals surface area (Å²) >= 11 is 0. The molecular formula is C17H26N2O4. The summed E-state index contributed by atoms with van der Waals surface area (Å²) in [6.07, 6.45) is 0.825. The van der Waals surface area contributed by atoms with Crippen LogP contribution in [0, 0.1) is 0 Å². The van der Waals surface area contributed by atoms with Gasteiger partial charge in [-0.05, 0) is 25.0 Å². The molecule has 1 aliphatic heterocycles. The highest BCUT2D eigenvalue weighted by atomic mass is 16.5. The van der Waals surface area contributed by atoms with Crippen molar-refractivity contribution in [3.05, 3.63) is 23.8 Å². The lowest BCUT2D eigenvalue weighted by Crippen LogP contribution is -2.48. The molecule has 0 aromatic heterocycles. The topological polar surface area (TPSA) is 60.0 Å². The highest BCUT2D eigenvalue weighted by Gasteiger charge is 2.24. The molecular weight excluding hydrogens is 296 g/mol. The third kappa shape index (κ3) is 4.84. The van der Waals surface area contributed by atoms with Gasteiger partial charge in [0, 0.05) is 24.9 Å². The van der Waals surface area contributed by atoms with Crippen LogP contribution in [-0.4, -0.2) is 57.1 Å². The molecule has 0 aliphatic carbocycles. The molecule has 1 aromatic rings. The summed E-state index contributed by atoms with van der Waals surface area (Å²) in [5.74, 6) is 0.793. The molecule has 1 aliphatic rings. The van der Waals surface area contributed by atoms with Gasteiger partial charge in [0.1, 0.15) is 5.75 Å². The number of carbonyl (C=O) groups excluding carboxylic acids is 1. The predicted molar refractivity (Wildman–Crippen MR) is 89.2 cm³/mol. The lowest BCUT2D eigenvalue weighted by atomic mass is 10.1. The van der Waals surface area contributed by atoms with Gasteiger partial charge in [-0.3, -0.25) is 0 Å². The van der Waals surface area contributed by atoms with Gasteiger partial charge in [-0.15, -0.1) is 0 Å². The van der Waals surface area contributed by atoms with Gasteiger partial charge in [0.15, 0.2) is 0 Å². The molecule has 6 nitrogen and oxygen atoms in total. The second-order valence-electron chi connectivity index (χ2n) is 5.41. The smallest absolute Gasteiger partial charge is 0.322 e. The summed E-state index contributed by atoms with van der Waals surface area (Å²) in [5, 5.41) is 2.92. The molecule has 1 unspecified atom stereocenters. The largest absolute Gasteiger partial charge is 0.496 e. The van der Waals surface area contributed by atoms with Crippen LogP contribution in [0.1, 0.15) is 19.4 Å². The maximum absolute atomic E-state index is 12.4. The molecule has 23 heavy (non-hydrogen) atoms. The fourth-order valence-electron chi connectivity index (χ4n) is 2.57. The number of hydrogen-bond acceptors (Lipinski definition) is 4. The second-order valence-corrected chi connectivity index (χ2v) is 5.41. The Morgan fingerprint density at radius 3 is 2.96 bits per heavy atom. The lowest BCUT2D eigenvalue weighted by Gasteiger charge is -2.32. The number of nitrogens with zero attached hydrogens (tertiary/aromatic N) is 1. The SMILES string of the molecule is CCOCC1CN(C(=O)Nc2ccc(CC)c(OC)c2)CCO1. The summed E-state index contributed by atoms with van der Waals surface area (Å²) in [5.41, 5.74) is 1.85. The van der Waals surface area contributed by atoms with Crippen molar-refractivity contribution in [3.63, 3.8) is 0 Å². The predicted octanol–water partition coefficient (Wildman–Crippen LogP) is 2.53. The van der Waals surface area contributed by atoms with Crippen LogP contribution in [0.5, 0.6) is 5.75 Å². The average Bonchev–Trinajstić information content (AvgIpc) is 2.60. The fraction of sp³-hybridized carbons (Fsp3) is 0.588. The monoisotopic (exact) mass is 322 g/mol. The zero-order valence-corrected chi connectivity index (χ0v) is 14.1. The molecule has 1 aromatic carbocycles. The molecule has 128 valence electrons. The van der Waals surface area contributed by atoms with Gasteiger partial charge in [-0.1, -0.05) is 13.0 Å². The first-order valence-electron chi connectivity index (χ1n) is 8.10. The molecule has 0 saturated carbocycles. The number of methoxy groups -OCH3 is 1. The molecule has 1 N–H and O–H groups in total. The number of carbonyl (C=O) groups is 1. The number of morpholine rings is 1. The number of hydrogen-bond donors (Lipinski definition) is 1. The molecule has 2 rings (SSSR count). The van der Waals surface area contributed by atoms with E-state index in [-0.39, 0.29) is 12.1 Å². The van der Waals surface area contributed by atoms with E-state index in [0.29, 0.717) is 32.9 Å². The number of anilines is 1. The van der Waals surface area contributed by atoms with E-state index in [0.717, 1.165) is 23.4 Å². The zero-order valence-electron chi connectivity index (χ0n) is 14.1. The minimum absolute atomic E-state index is 0.0635. The first kappa shape index (κ1) is 17.6. The fourth-order valence-corrected chi connectivity index (χ4v) is 2.57. The van der Waals surface area contributed by atoms with Gasteiger partial charge in [0.25, 0.3) is 0 Å². The normalized spacial score (nSPS) is 17.9. The number of urea groups is 1. The number of amides is 2. The first-order chi connectivity index (χ1) is 11.2. The Hall–Kier alpha value is -1.79. The number of nitrogens with one attached hydrogen (secondary N) is 1. The van der Waals surface area contributed by atoms with E-state index in [4.69, 9.17) is 14.2 Å². The summed E-state index contributed by atoms with van der Waals surface area (Å²) in [4.78, 5) is 14.2. The van der Waals surface area contributed by atoms with Crippen LogP contribution >= 0.6 is 0 Å². The van der Waals surface area contributed by atoms with Crippen molar-refractivity contribution >= 4 is 11.7 Å². The molecule has 1 atom stereocenters. The standard InChI is InChI=1S/C17H26N2O4/c1-4-13-6-7-14(10-16(13)21-3)18-17(20)19-8-9-23-15(11-19)12-22-5-2/h6-7,10,15H,4-5,8-9,11-12H2,1-3H3,(H,18,20). The summed E-state index contributed by atoms with van der Waals surface area (Å²) in [6.45, 7) is 6.83. The van der Waals surface area contributed by atoms with Gasteiger partial charge in [0.05, 0.1) is 33.0 Å². The molecule has 2 amide bonds. The number of ether oxygens (including phenoxy) is 3. The first-order valence-corrected chi connectivity index (χ1v) is 8.10. The number of benzene rings is 1. The van der Waals surface area contributed by atoms with Gasteiger partial charge < -0.3 is 24.4 Å². The summed E-state index contributed by atoms with van der Waals surface area (Å²) in [6, 6.07) is 5.61. The third-order valence-corrected chi connectivity index (χ3v) is 3.85. The van der Waals surface area contributed by atoms with Gasteiger partial charge in [0.2, 0.25) is 0 Å². The van der Waals surface area contributed by atoms with Crippen LogP contribution in [0.4, 0.5) is 10.5 Å². The van der Waals surface area contributed by atoms with E-state index in [2.05, 4.69) is 12.2 Å². The Morgan fingerprint density at radius 1 is 1.43 bits per heavy atom. The molecule has 1 fully saturated rings. The van der Waals surface area contributed by atoms with Gasteiger partial charge in [-0.2, -0.15) is 0 Å². The molecule has 0 spiro atoms. The minimum atomic E-state index is -0.124. The Balaban J connectivity index is 1.95. The lowest BCUT2D eigenvalue weighted by molar-refractivity contribution is -0.0555. The van der Waals surface area contributed by atoms with E-state index in [1.807, 2.05) is 25.1 Å². The van der Waals surface area contributed by atoms with E-state index >= 15 is 0 Å². The van der Waals surface area contributed by atoms with Crippen molar-refractivity contribution in [3.8, 4) is 5.75 Å². The Morgan fingerprint density at radius 2 is 2.26 bits per heavy atom. The molecule has 0 radical (unpaired) electrons. The van der Waals surface area contributed by atoms with Crippen molar-refractivity contribution < 1.29 is 19.0 Å². The van der Waals surface area contributed by atoms with E-state index < -0.39 is 0 Å². The third-order valence-electron chi connectivity index (χ3n) is 3.85. The average molecular weight is 322 g/mol. The van der Waals surface area contributed by atoms with Crippen LogP contribution in [0.3, 0.4) is 0 Å². The Labute approximate surface area is 137 Å². The Kier molecular flexibility index (Phi) is 6.67. The van der Waals surface area contributed by atoms with Crippen LogP contribution in [0.2, 0.25) is 0 Å². The molecule has 6 heteroatoms. The van der Waals surface area contributed by atoms with E-state index in [1.54, 1.807) is 12.0 Å². The zero-order chi connectivity index (χ0) is 16.7. The number of rotatable bonds is 6. The quantitative estimate of drug-likeness (QED) is 0.874. The van der Waals surface area contributed by atoms with Crippen LogP contribution in [0.15, 0.2) is 18.2 Å². The maximum atomic E-state index is 12.4. The van der Waals surface area contributed by atoms with Crippen LogP contribution in [-0.2, 0) is 15.9 Å². The molecule has 1 heterocycles. The van der Waals surface area contributed by atoms with Crippen molar-refractivity contribution in [1.29, 1.82) is 0 Å². The summed E-state index contributed by atoms with van der Waals surface area (Å²) < 4.78 is 16.3. The second kappa shape index (κ2) is 8.74.